The van der Waals surface area contributed by atoms with Gasteiger partial charge in [0.1, 0.15) is 17.3 Å². The molecule has 1 saturated heterocycles. The number of benzene rings is 2. The van der Waals surface area contributed by atoms with Gasteiger partial charge < -0.3 is 19.6 Å². The van der Waals surface area contributed by atoms with E-state index in [4.69, 9.17) is 4.74 Å². The number of halogens is 1. The second-order valence-electron chi connectivity index (χ2n) is 9.11. The summed E-state index contributed by atoms with van der Waals surface area (Å²) in [4.78, 5) is 30.0. The number of likely N-dealkylation sites (tertiary alicyclic amines) is 1. The molecule has 3 rings (SSSR count). The summed E-state index contributed by atoms with van der Waals surface area (Å²) in [5, 5.41) is 11.1. The van der Waals surface area contributed by atoms with Crippen molar-refractivity contribution in [2.45, 2.75) is 53.0 Å². The first-order chi connectivity index (χ1) is 17.3. The number of unbranched alkanes of at least 4 members (excludes halogenated alkanes) is 2. The molecule has 194 valence electrons. The van der Waals surface area contributed by atoms with E-state index in [0.29, 0.717) is 36.6 Å². The Morgan fingerprint density at radius 3 is 2.36 bits per heavy atom. The summed E-state index contributed by atoms with van der Waals surface area (Å²) in [6, 6.07) is 10.8. The number of ketones is 1. The van der Waals surface area contributed by atoms with Crippen molar-refractivity contribution in [2.75, 3.05) is 32.8 Å². The fourth-order valence-electron chi connectivity index (χ4n) is 4.43. The highest BCUT2D eigenvalue weighted by Crippen LogP contribution is 2.39. The lowest BCUT2D eigenvalue weighted by molar-refractivity contribution is -0.140. The van der Waals surface area contributed by atoms with E-state index in [9.17, 15) is 19.1 Å². The molecule has 6 nitrogen and oxygen atoms in total. The van der Waals surface area contributed by atoms with E-state index in [1.807, 2.05) is 38.1 Å². The molecule has 7 heteroatoms. The Labute approximate surface area is 213 Å². The number of likely N-dealkylation sites (N-methyl/N-ethyl adjacent to an activating group) is 1. The lowest BCUT2D eigenvalue weighted by Gasteiger charge is -2.28. The van der Waals surface area contributed by atoms with E-state index < -0.39 is 23.5 Å². The average molecular weight is 497 g/mol. The number of aryl methyl sites for hydroxylation is 1. The van der Waals surface area contributed by atoms with Gasteiger partial charge in [0.25, 0.3) is 11.7 Å². The molecule has 0 spiro atoms. The van der Waals surface area contributed by atoms with Crippen LogP contribution in [0.3, 0.4) is 0 Å². The SMILES string of the molecule is CCCCCOc1ccc(C2C(=C(O)c3ccc(C)c(F)c3)C(=O)C(=O)N2CCN(CC)CC)cc1. The highest BCUT2D eigenvalue weighted by molar-refractivity contribution is 6.46. The lowest BCUT2D eigenvalue weighted by atomic mass is 9.95. The van der Waals surface area contributed by atoms with Crippen molar-refractivity contribution in [3.05, 3.63) is 70.5 Å². The third-order valence-corrected chi connectivity index (χ3v) is 6.75. The molecule has 2 aromatic rings. The molecule has 36 heavy (non-hydrogen) atoms. The van der Waals surface area contributed by atoms with Gasteiger partial charge in [-0.05, 0) is 55.8 Å². The number of ether oxygens (including phenoxy) is 1. The number of amides is 1. The maximum Gasteiger partial charge on any atom is 0.295 e. The Hall–Kier alpha value is -3.19. The molecule has 1 heterocycles. The Morgan fingerprint density at radius 1 is 1.06 bits per heavy atom. The predicted octanol–water partition coefficient (Wildman–Crippen LogP) is 5.47. The second kappa shape index (κ2) is 12.7. The molecule has 1 N–H and O–H groups in total. The number of nitrogens with zero attached hydrogens (tertiary/aromatic N) is 2. The van der Waals surface area contributed by atoms with Crippen molar-refractivity contribution in [3.63, 3.8) is 0 Å². The normalized spacial score (nSPS) is 17.3. The quantitative estimate of drug-likeness (QED) is 0.183. The smallest absolute Gasteiger partial charge is 0.295 e. The van der Waals surface area contributed by atoms with Crippen molar-refractivity contribution in [3.8, 4) is 5.75 Å². The van der Waals surface area contributed by atoms with Crippen LogP contribution < -0.4 is 4.74 Å². The summed E-state index contributed by atoms with van der Waals surface area (Å²) in [6.07, 6.45) is 3.18. The lowest BCUT2D eigenvalue weighted by Crippen LogP contribution is -2.38. The van der Waals surface area contributed by atoms with Crippen LogP contribution >= 0.6 is 0 Å². The molecule has 1 unspecified atom stereocenters. The average Bonchev–Trinajstić information content (AvgIpc) is 3.13. The van der Waals surface area contributed by atoms with Gasteiger partial charge in [0.2, 0.25) is 0 Å². The van der Waals surface area contributed by atoms with Crippen molar-refractivity contribution in [2.24, 2.45) is 0 Å². The largest absolute Gasteiger partial charge is 0.507 e. The van der Waals surface area contributed by atoms with Crippen molar-refractivity contribution >= 4 is 17.4 Å². The molecule has 0 aromatic heterocycles. The van der Waals surface area contributed by atoms with Crippen LogP contribution in [0.15, 0.2) is 48.0 Å². The first-order valence-electron chi connectivity index (χ1n) is 12.8. The minimum atomic E-state index is -0.779. The van der Waals surface area contributed by atoms with E-state index in [1.54, 1.807) is 19.1 Å². The van der Waals surface area contributed by atoms with Gasteiger partial charge in [0.15, 0.2) is 0 Å². The Bertz CT molecular complexity index is 1090. The highest BCUT2D eigenvalue weighted by atomic mass is 19.1. The topological polar surface area (TPSA) is 70.1 Å². The molecule has 2 aromatic carbocycles. The number of hydrogen-bond donors (Lipinski definition) is 1. The number of carbonyl (C=O) groups is 2. The molecule has 1 atom stereocenters. The third kappa shape index (κ3) is 6.13. The zero-order valence-electron chi connectivity index (χ0n) is 21.7. The minimum Gasteiger partial charge on any atom is -0.507 e. The summed E-state index contributed by atoms with van der Waals surface area (Å²) in [5.41, 5.74) is 1.25. The molecule has 1 aliphatic rings. The number of Topliss-reactive ketones (excluding diaryl/α,β-unsaturated/α-hetero) is 1. The fourth-order valence-corrected chi connectivity index (χ4v) is 4.43. The molecular weight excluding hydrogens is 459 g/mol. The highest BCUT2D eigenvalue weighted by Gasteiger charge is 2.46. The Morgan fingerprint density at radius 2 is 1.75 bits per heavy atom. The van der Waals surface area contributed by atoms with Gasteiger partial charge in [0, 0.05) is 18.7 Å². The van der Waals surface area contributed by atoms with Crippen molar-refractivity contribution < 1.29 is 23.8 Å². The molecule has 0 aliphatic carbocycles. The Balaban J connectivity index is 2.00. The van der Waals surface area contributed by atoms with Crippen LogP contribution in [0.25, 0.3) is 5.76 Å². The number of hydrogen-bond acceptors (Lipinski definition) is 5. The predicted molar refractivity (Wildman–Crippen MR) is 139 cm³/mol. The molecule has 1 fully saturated rings. The number of rotatable bonds is 12. The van der Waals surface area contributed by atoms with Crippen LogP contribution in [0.5, 0.6) is 5.75 Å². The van der Waals surface area contributed by atoms with Gasteiger partial charge in [-0.3, -0.25) is 9.59 Å². The summed E-state index contributed by atoms with van der Waals surface area (Å²) in [7, 11) is 0. The number of aliphatic hydroxyl groups excluding tert-OH is 1. The van der Waals surface area contributed by atoms with Crippen molar-refractivity contribution in [1.29, 1.82) is 0 Å². The molecule has 1 aliphatic heterocycles. The molecular formula is C29H37FN2O4. The van der Waals surface area contributed by atoms with Gasteiger partial charge in [-0.1, -0.05) is 57.9 Å². The molecule has 0 saturated carbocycles. The summed E-state index contributed by atoms with van der Waals surface area (Å²) >= 11 is 0. The minimum absolute atomic E-state index is 0.0283. The van der Waals surface area contributed by atoms with Gasteiger partial charge in [-0.2, -0.15) is 0 Å². The maximum atomic E-state index is 14.3. The zero-order valence-corrected chi connectivity index (χ0v) is 21.7. The maximum absolute atomic E-state index is 14.3. The monoisotopic (exact) mass is 496 g/mol. The third-order valence-electron chi connectivity index (χ3n) is 6.75. The van der Waals surface area contributed by atoms with E-state index in [-0.39, 0.29) is 16.9 Å². The van der Waals surface area contributed by atoms with E-state index >= 15 is 0 Å². The zero-order chi connectivity index (χ0) is 26.2. The summed E-state index contributed by atoms with van der Waals surface area (Å²) in [6.45, 7) is 11.0. The first-order valence-corrected chi connectivity index (χ1v) is 12.8. The number of aliphatic hydroxyl groups is 1. The summed E-state index contributed by atoms with van der Waals surface area (Å²) in [5.74, 6) is -1.59. The van der Waals surface area contributed by atoms with Gasteiger partial charge in [0.05, 0.1) is 18.2 Å². The standard InChI is InChI=1S/C29H37FN2O4/c1-5-8-9-18-36-23-14-12-21(13-15-23)26-25(27(33)22-11-10-20(4)24(30)19-22)28(34)29(35)32(26)17-16-31(6-2)7-3/h10-15,19,26,33H,5-9,16-18H2,1-4H3. The van der Waals surface area contributed by atoms with Crippen LogP contribution in [-0.4, -0.2) is 59.4 Å². The van der Waals surface area contributed by atoms with E-state index in [0.717, 1.165) is 32.4 Å². The second-order valence-corrected chi connectivity index (χ2v) is 9.11. The van der Waals surface area contributed by atoms with Crippen LogP contribution in [-0.2, 0) is 9.59 Å². The van der Waals surface area contributed by atoms with Crippen LogP contribution in [0.2, 0.25) is 0 Å². The molecule has 1 amide bonds. The van der Waals surface area contributed by atoms with Crippen molar-refractivity contribution in [1.82, 2.24) is 9.80 Å². The van der Waals surface area contributed by atoms with Crippen LogP contribution in [0.1, 0.15) is 62.8 Å². The van der Waals surface area contributed by atoms with Gasteiger partial charge >= 0.3 is 0 Å². The molecule has 0 radical (unpaired) electrons. The summed E-state index contributed by atoms with van der Waals surface area (Å²) < 4.78 is 20.1. The van der Waals surface area contributed by atoms with Crippen LogP contribution in [0.4, 0.5) is 4.39 Å². The van der Waals surface area contributed by atoms with E-state index in [1.165, 1.54) is 11.0 Å². The first kappa shape index (κ1) is 27.4. The van der Waals surface area contributed by atoms with Crippen LogP contribution in [0, 0.1) is 12.7 Å². The Kier molecular flexibility index (Phi) is 9.65. The molecule has 0 bridgehead atoms. The number of carbonyl (C=O) groups excluding carboxylic acids is 2. The van der Waals surface area contributed by atoms with Gasteiger partial charge in [-0.25, -0.2) is 4.39 Å². The van der Waals surface area contributed by atoms with E-state index in [2.05, 4.69) is 11.8 Å². The van der Waals surface area contributed by atoms with Gasteiger partial charge in [-0.15, -0.1) is 0 Å². The fraction of sp³-hybridized carbons (Fsp3) is 0.448.